The van der Waals surface area contributed by atoms with Crippen molar-refractivity contribution in [3.63, 3.8) is 0 Å². The molecule has 0 radical (unpaired) electrons. The fourth-order valence-electron chi connectivity index (χ4n) is 2.19. The van der Waals surface area contributed by atoms with E-state index in [4.69, 9.17) is 4.74 Å². The number of hydrogen-bond acceptors (Lipinski definition) is 3. The molecule has 124 valence electrons. The molecular formula is C18H25N3O2. The van der Waals surface area contributed by atoms with Crippen LogP contribution in [0.5, 0.6) is 0 Å². The minimum atomic E-state index is -0.479. The SMILES string of the molecule is CC(=CCC(C)NC(=O)OC(C)(C)C)c1cnc2[nH]ccc2c1. The van der Waals surface area contributed by atoms with Crippen molar-refractivity contribution in [2.45, 2.75) is 52.7 Å². The molecule has 2 heterocycles. The molecule has 0 aliphatic rings. The number of allylic oxidation sites excluding steroid dienone is 1. The van der Waals surface area contributed by atoms with E-state index in [0.29, 0.717) is 0 Å². The number of hydrogen-bond donors (Lipinski definition) is 2. The van der Waals surface area contributed by atoms with Crippen LogP contribution in [0.15, 0.2) is 30.6 Å². The van der Waals surface area contributed by atoms with Crippen molar-refractivity contribution in [1.29, 1.82) is 0 Å². The molecule has 2 aromatic rings. The number of nitrogens with zero attached hydrogens (tertiary/aromatic N) is 1. The average Bonchev–Trinajstić information content (AvgIpc) is 2.89. The number of ether oxygens (including phenoxy) is 1. The lowest BCUT2D eigenvalue weighted by Crippen LogP contribution is -2.37. The van der Waals surface area contributed by atoms with Crippen molar-refractivity contribution >= 4 is 22.7 Å². The smallest absolute Gasteiger partial charge is 0.407 e. The van der Waals surface area contributed by atoms with E-state index in [1.807, 2.05) is 46.2 Å². The van der Waals surface area contributed by atoms with Gasteiger partial charge in [0, 0.05) is 23.8 Å². The van der Waals surface area contributed by atoms with Crippen LogP contribution in [-0.4, -0.2) is 27.7 Å². The Bertz CT molecular complexity index is 710. The lowest BCUT2D eigenvalue weighted by atomic mass is 10.1. The van der Waals surface area contributed by atoms with E-state index in [2.05, 4.69) is 34.4 Å². The molecule has 1 unspecified atom stereocenters. The highest BCUT2D eigenvalue weighted by atomic mass is 16.6. The number of fused-ring (bicyclic) bond motifs is 1. The normalized spacial score (nSPS) is 13.9. The highest BCUT2D eigenvalue weighted by Gasteiger charge is 2.17. The highest BCUT2D eigenvalue weighted by molar-refractivity contribution is 5.80. The molecule has 2 N–H and O–H groups in total. The molecule has 1 atom stereocenters. The van der Waals surface area contributed by atoms with Gasteiger partial charge in [-0.25, -0.2) is 9.78 Å². The minimum absolute atomic E-state index is 0.00347. The Hall–Kier alpha value is -2.30. The summed E-state index contributed by atoms with van der Waals surface area (Å²) in [5.41, 5.74) is 2.63. The van der Waals surface area contributed by atoms with Crippen molar-refractivity contribution in [1.82, 2.24) is 15.3 Å². The molecule has 2 rings (SSSR count). The van der Waals surface area contributed by atoms with Gasteiger partial charge in [-0.05, 0) is 64.3 Å². The second-order valence-corrected chi connectivity index (χ2v) is 6.81. The number of carbonyl (C=O) groups excluding carboxylic acids is 1. The maximum Gasteiger partial charge on any atom is 0.407 e. The fraction of sp³-hybridized carbons (Fsp3) is 0.444. The van der Waals surface area contributed by atoms with Crippen molar-refractivity contribution in [3.05, 3.63) is 36.2 Å². The standard InChI is InChI=1S/C18H25N3O2/c1-12(15-10-14-8-9-19-16(14)20-11-15)6-7-13(2)21-17(22)23-18(3,4)5/h6,8-11,13H,7H2,1-5H3,(H,19,20)(H,21,22). The average molecular weight is 315 g/mol. The van der Waals surface area contributed by atoms with Crippen LogP contribution in [-0.2, 0) is 4.74 Å². The van der Waals surface area contributed by atoms with E-state index in [1.165, 1.54) is 0 Å². The lowest BCUT2D eigenvalue weighted by Gasteiger charge is -2.21. The predicted molar refractivity (Wildman–Crippen MR) is 93.2 cm³/mol. The first-order valence-corrected chi connectivity index (χ1v) is 7.84. The van der Waals surface area contributed by atoms with E-state index >= 15 is 0 Å². The molecule has 1 amide bonds. The molecule has 0 spiro atoms. The molecule has 0 aliphatic heterocycles. The predicted octanol–water partition coefficient (Wildman–Crippen LogP) is 4.27. The first-order chi connectivity index (χ1) is 10.7. The van der Waals surface area contributed by atoms with Gasteiger partial charge in [-0.1, -0.05) is 6.08 Å². The maximum atomic E-state index is 11.7. The summed E-state index contributed by atoms with van der Waals surface area (Å²) in [5.74, 6) is 0. The fourth-order valence-corrected chi connectivity index (χ4v) is 2.19. The van der Waals surface area contributed by atoms with E-state index in [9.17, 15) is 4.79 Å². The Kier molecular flexibility index (Phi) is 5.08. The van der Waals surface area contributed by atoms with Gasteiger partial charge in [-0.3, -0.25) is 0 Å². The van der Waals surface area contributed by atoms with Gasteiger partial charge in [0.2, 0.25) is 0 Å². The van der Waals surface area contributed by atoms with Crippen LogP contribution in [0.25, 0.3) is 16.6 Å². The van der Waals surface area contributed by atoms with E-state index in [0.717, 1.165) is 28.6 Å². The molecule has 0 saturated carbocycles. The molecule has 0 bridgehead atoms. The Morgan fingerprint density at radius 3 is 2.91 bits per heavy atom. The van der Waals surface area contributed by atoms with Crippen LogP contribution in [0.3, 0.4) is 0 Å². The maximum absolute atomic E-state index is 11.7. The summed E-state index contributed by atoms with van der Waals surface area (Å²) in [5, 5.41) is 3.94. The molecular weight excluding hydrogens is 290 g/mol. The third-order valence-electron chi connectivity index (χ3n) is 3.40. The van der Waals surface area contributed by atoms with Crippen LogP contribution in [0, 0.1) is 0 Å². The molecule has 5 heteroatoms. The summed E-state index contributed by atoms with van der Waals surface area (Å²) in [6.45, 7) is 9.57. The summed E-state index contributed by atoms with van der Waals surface area (Å²) < 4.78 is 5.25. The van der Waals surface area contributed by atoms with Gasteiger partial charge in [0.1, 0.15) is 11.2 Å². The summed E-state index contributed by atoms with van der Waals surface area (Å²) in [6, 6.07) is 4.12. The largest absolute Gasteiger partial charge is 0.444 e. The first kappa shape index (κ1) is 17.1. The third-order valence-corrected chi connectivity index (χ3v) is 3.40. The van der Waals surface area contributed by atoms with E-state index < -0.39 is 5.60 Å². The number of amides is 1. The summed E-state index contributed by atoms with van der Waals surface area (Å²) >= 11 is 0. The number of nitrogens with one attached hydrogen (secondary N) is 2. The number of aromatic nitrogens is 2. The Morgan fingerprint density at radius 2 is 2.22 bits per heavy atom. The van der Waals surface area contributed by atoms with Gasteiger partial charge in [-0.15, -0.1) is 0 Å². The number of rotatable bonds is 4. The number of pyridine rings is 1. The number of alkyl carbamates (subject to hydrolysis) is 1. The van der Waals surface area contributed by atoms with Crippen LogP contribution in [0.2, 0.25) is 0 Å². The Morgan fingerprint density at radius 1 is 1.48 bits per heavy atom. The van der Waals surface area contributed by atoms with Crippen molar-refractivity contribution in [2.75, 3.05) is 0 Å². The quantitative estimate of drug-likeness (QED) is 0.885. The topological polar surface area (TPSA) is 67.0 Å². The van der Waals surface area contributed by atoms with Crippen LogP contribution in [0.4, 0.5) is 4.79 Å². The zero-order valence-electron chi connectivity index (χ0n) is 14.4. The van der Waals surface area contributed by atoms with Gasteiger partial charge in [-0.2, -0.15) is 0 Å². The summed E-state index contributed by atoms with van der Waals surface area (Å²) in [6.07, 6.45) is 6.20. The number of H-pyrrole nitrogens is 1. The monoisotopic (exact) mass is 315 g/mol. The first-order valence-electron chi connectivity index (χ1n) is 7.84. The van der Waals surface area contributed by atoms with Crippen LogP contribution in [0.1, 0.15) is 46.6 Å². The molecule has 2 aromatic heterocycles. The second kappa shape index (κ2) is 6.86. The number of aromatic amines is 1. The summed E-state index contributed by atoms with van der Waals surface area (Å²) in [7, 11) is 0. The van der Waals surface area contributed by atoms with Gasteiger partial charge < -0.3 is 15.0 Å². The van der Waals surface area contributed by atoms with Gasteiger partial charge >= 0.3 is 6.09 Å². The Labute approximate surface area is 137 Å². The van der Waals surface area contributed by atoms with Crippen molar-refractivity contribution < 1.29 is 9.53 Å². The van der Waals surface area contributed by atoms with E-state index in [-0.39, 0.29) is 12.1 Å². The van der Waals surface area contributed by atoms with Crippen molar-refractivity contribution in [3.8, 4) is 0 Å². The van der Waals surface area contributed by atoms with Gasteiger partial charge in [0.25, 0.3) is 0 Å². The zero-order chi connectivity index (χ0) is 17.0. The van der Waals surface area contributed by atoms with Gasteiger partial charge in [0.05, 0.1) is 0 Å². The molecule has 0 saturated heterocycles. The van der Waals surface area contributed by atoms with E-state index in [1.54, 1.807) is 0 Å². The summed E-state index contributed by atoms with van der Waals surface area (Å²) in [4.78, 5) is 19.2. The molecule has 5 nitrogen and oxygen atoms in total. The minimum Gasteiger partial charge on any atom is -0.444 e. The second-order valence-electron chi connectivity index (χ2n) is 6.81. The Balaban J connectivity index is 1.94. The lowest BCUT2D eigenvalue weighted by molar-refractivity contribution is 0.0509. The van der Waals surface area contributed by atoms with Crippen LogP contribution >= 0.6 is 0 Å². The van der Waals surface area contributed by atoms with Crippen molar-refractivity contribution in [2.24, 2.45) is 0 Å². The zero-order valence-corrected chi connectivity index (χ0v) is 14.4. The highest BCUT2D eigenvalue weighted by Crippen LogP contribution is 2.19. The molecule has 23 heavy (non-hydrogen) atoms. The third kappa shape index (κ3) is 5.13. The molecule has 0 aromatic carbocycles. The van der Waals surface area contributed by atoms with Gasteiger partial charge in [0.15, 0.2) is 0 Å². The molecule has 0 aliphatic carbocycles. The van der Waals surface area contributed by atoms with Crippen LogP contribution < -0.4 is 5.32 Å². The molecule has 0 fully saturated rings. The number of carbonyl (C=O) groups is 1.